The van der Waals surface area contributed by atoms with Gasteiger partial charge in [0.1, 0.15) is 18.4 Å². The van der Waals surface area contributed by atoms with Gasteiger partial charge in [-0.1, -0.05) is 41.9 Å². The van der Waals surface area contributed by atoms with Gasteiger partial charge in [0.25, 0.3) is 0 Å². The molecule has 0 amide bonds. The average Bonchev–Trinajstić information content (AvgIpc) is 3.04. The number of halogens is 1. The lowest BCUT2D eigenvalue weighted by Gasteiger charge is -2.26. The molecule has 0 aliphatic carbocycles. The van der Waals surface area contributed by atoms with Gasteiger partial charge in [0.15, 0.2) is 0 Å². The van der Waals surface area contributed by atoms with E-state index in [1.807, 2.05) is 43.3 Å². The summed E-state index contributed by atoms with van der Waals surface area (Å²) in [5, 5.41) is 21.7. The summed E-state index contributed by atoms with van der Waals surface area (Å²) in [5.74, 6) is -0.102. The zero-order valence-corrected chi connectivity index (χ0v) is 25.9. The van der Waals surface area contributed by atoms with Gasteiger partial charge in [0.05, 0.1) is 51.2 Å². The van der Waals surface area contributed by atoms with Crippen LogP contribution in [-0.4, -0.2) is 97.4 Å². The van der Waals surface area contributed by atoms with Crippen LogP contribution in [0.15, 0.2) is 36.4 Å². The molecule has 1 aliphatic rings. The van der Waals surface area contributed by atoms with Crippen LogP contribution >= 0.6 is 11.6 Å². The molecule has 13 heteroatoms. The third-order valence-electron chi connectivity index (χ3n) is 7.29. The first-order chi connectivity index (χ1) is 21.4. The molecule has 3 N–H and O–H groups in total. The number of benzene rings is 2. The predicted octanol–water partition coefficient (Wildman–Crippen LogP) is 3.34. The number of hydrogen-bond donors (Lipinski definition) is 3. The minimum Gasteiger partial charge on any atom is -0.493 e. The molecule has 0 radical (unpaired) electrons. The molecule has 1 aliphatic heterocycles. The first-order valence-electron chi connectivity index (χ1n) is 14.3. The lowest BCUT2D eigenvalue weighted by Crippen LogP contribution is -2.39. The van der Waals surface area contributed by atoms with Gasteiger partial charge in [-0.3, -0.25) is 15.0 Å². The van der Waals surface area contributed by atoms with Crippen LogP contribution < -0.4 is 24.3 Å². The molecule has 238 valence electrons. The van der Waals surface area contributed by atoms with Gasteiger partial charge in [-0.25, -0.2) is 0 Å². The standard InChI is InChI=1S/C31H39ClN4O8/c1-20-22(8-5-10-26(20)43-14-6-11-36-12-15-42-16-13-36)23-9-4-7-21(27(23)32)19-44-31-34-28(40-2)24(29(35-31)41-3)17-33-25(18-37)30(38)39/h4-5,7-10,25,33,37H,6,11-19H2,1-3H3,(H,38,39)/t25-/m0/s1. The molecule has 0 spiro atoms. The van der Waals surface area contributed by atoms with Crippen molar-refractivity contribution in [3.8, 4) is 34.6 Å². The highest BCUT2D eigenvalue weighted by Crippen LogP contribution is 2.36. The first kappa shape index (κ1) is 33.2. The molecule has 2 heterocycles. The molecule has 12 nitrogen and oxygen atoms in total. The summed E-state index contributed by atoms with van der Waals surface area (Å²) >= 11 is 6.90. The highest BCUT2D eigenvalue weighted by atomic mass is 35.5. The fourth-order valence-electron chi connectivity index (χ4n) is 4.83. The number of nitrogens with zero attached hydrogens (tertiary/aromatic N) is 3. The average molecular weight is 631 g/mol. The van der Waals surface area contributed by atoms with Crippen molar-refractivity contribution in [3.05, 3.63) is 58.1 Å². The van der Waals surface area contributed by atoms with Gasteiger partial charge in [-0.15, -0.1) is 0 Å². The van der Waals surface area contributed by atoms with Crippen LogP contribution in [0.3, 0.4) is 0 Å². The molecule has 1 atom stereocenters. The van der Waals surface area contributed by atoms with E-state index in [4.69, 9.17) is 35.3 Å². The van der Waals surface area contributed by atoms with Crippen LogP contribution in [0.25, 0.3) is 11.1 Å². The van der Waals surface area contributed by atoms with Gasteiger partial charge >= 0.3 is 12.0 Å². The molecule has 0 bridgehead atoms. The van der Waals surface area contributed by atoms with E-state index in [2.05, 4.69) is 20.2 Å². The van der Waals surface area contributed by atoms with Crippen molar-refractivity contribution in [2.24, 2.45) is 0 Å². The number of rotatable bonds is 16. The normalized spacial score (nSPS) is 14.2. The summed E-state index contributed by atoms with van der Waals surface area (Å²) in [6.07, 6.45) is 0.928. The Labute approximate surface area is 261 Å². The van der Waals surface area contributed by atoms with E-state index in [1.54, 1.807) is 0 Å². The molecule has 1 aromatic heterocycles. The molecule has 1 fully saturated rings. The Morgan fingerprint density at radius 3 is 2.41 bits per heavy atom. The van der Waals surface area contributed by atoms with Crippen molar-refractivity contribution < 1.29 is 38.7 Å². The second-order valence-corrected chi connectivity index (χ2v) is 10.5. The van der Waals surface area contributed by atoms with Crippen LogP contribution in [0.5, 0.6) is 23.5 Å². The fourth-order valence-corrected chi connectivity index (χ4v) is 5.12. The van der Waals surface area contributed by atoms with Crippen LogP contribution in [0.1, 0.15) is 23.1 Å². The topological polar surface area (TPSA) is 145 Å². The van der Waals surface area contributed by atoms with E-state index in [0.717, 1.165) is 67.3 Å². The minimum atomic E-state index is -1.20. The molecular formula is C31H39ClN4O8. The largest absolute Gasteiger partial charge is 0.493 e. The lowest BCUT2D eigenvalue weighted by molar-refractivity contribution is -0.140. The molecule has 2 aromatic carbocycles. The Hall–Kier alpha value is -3.68. The maximum atomic E-state index is 11.3. The number of nitrogens with one attached hydrogen (secondary N) is 1. The van der Waals surface area contributed by atoms with E-state index in [1.165, 1.54) is 14.2 Å². The zero-order valence-electron chi connectivity index (χ0n) is 25.2. The minimum absolute atomic E-state index is 0.00970. The number of carboxylic acids is 1. The Bertz CT molecular complexity index is 1380. The summed E-state index contributed by atoms with van der Waals surface area (Å²) in [5.41, 5.74) is 3.90. The fraction of sp³-hybridized carbons (Fsp3) is 0.452. The predicted molar refractivity (Wildman–Crippen MR) is 164 cm³/mol. The van der Waals surface area contributed by atoms with Crippen molar-refractivity contribution in [1.29, 1.82) is 0 Å². The van der Waals surface area contributed by atoms with Crippen molar-refractivity contribution in [2.45, 2.75) is 32.5 Å². The number of hydrogen-bond acceptors (Lipinski definition) is 11. The second-order valence-electron chi connectivity index (χ2n) is 10.1. The number of carbonyl (C=O) groups is 1. The van der Waals surface area contributed by atoms with Crippen LogP contribution in [-0.2, 0) is 22.7 Å². The van der Waals surface area contributed by atoms with Crippen molar-refractivity contribution in [3.63, 3.8) is 0 Å². The third-order valence-corrected chi connectivity index (χ3v) is 7.74. The second kappa shape index (κ2) is 16.4. The summed E-state index contributed by atoms with van der Waals surface area (Å²) in [6.45, 7) is 6.57. The number of methoxy groups -OCH3 is 2. The highest BCUT2D eigenvalue weighted by molar-refractivity contribution is 6.34. The number of aliphatic carboxylic acids is 1. The molecular weight excluding hydrogens is 592 g/mol. The molecule has 1 saturated heterocycles. The zero-order chi connectivity index (χ0) is 31.5. The summed E-state index contributed by atoms with van der Waals surface area (Å²) in [7, 11) is 2.83. The van der Waals surface area contributed by atoms with E-state index < -0.39 is 18.6 Å². The molecule has 4 rings (SSSR count). The Balaban J connectivity index is 1.44. The van der Waals surface area contributed by atoms with E-state index in [-0.39, 0.29) is 30.9 Å². The molecule has 0 unspecified atom stereocenters. The van der Waals surface area contributed by atoms with Crippen LogP contribution in [0, 0.1) is 6.92 Å². The maximum Gasteiger partial charge on any atom is 0.323 e. The quantitative estimate of drug-likeness (QED) is 0.200. The van der Waals surface area contributed by atoms with Gasteiger partial charge in [-0.05, 0) is 30.5 Å². The van der Waals surface area contributed by atoms with Gasteiger partial charge in [-0.2, -0.15) is 9.97 Å². The van der Waals surface area contributed by atoms with Crippen LogP contribution in [0.4, 0.5) is 0 Å². The van der Waals surface area contributed by atoms with Gasteiger partial charge in [0, 0.05) is 37.3 Å². The van der Waals surface area contributed by atoms with Gasteiger partial charge < -0.3 is 33.9 Å². The SMILES string of the molecule is COc1nc(OCc2cccc(-c3cccc(OCCCN4CCOCC4)c3C)c2Cl)nc(OC)c1CN[C@@H](CO)C(=O)O. The number of aliphatic hydroxyl groups excluding tert-OH is 1. The highest BCUT2D eigenvalue weighted by Gasteiger charge is 2.22. The summed E-state index contributed by atoms with van der Waals surface area (Å²) in [6, 6.07) is 10.5. The third kappa shape index (κ3) is 8.48. The summed E-state index contributed by atoms with van der Waals surface area (Å²) < 4.78 is 28.3. The van der Waals surface area contributed by atoms with Crippen molar-refractivity contribution >= 4 is 17.6 Å². The molecule has 0 saturated carbocycles. The maximum absolute atomic E-state index is 11.3. The monoisotopic (exact) mass is 630 g/mol. The molecule has 3 aromatic rings. The number of carboxylic acid groups (broad SMARTS) is 1. The number of aromatic nitrogens is 2. The number of aliphatic hydroxyl groups is 1. The summed E-state index contributed by atoms with van der Waals surface area (Å²) in [4.78, 5) is 22.3. The first-order valence-corrected chi connectivity index (χ1v) is 14.7. The Morgan fingerprint density at radius 1 is 1.07 bits per heavy atom. The van der Waals surface area contributed by atoms with Crippen molar-refractivity contribution in [2.75, 3.05) is 60.3 Å². The molecule has 44 heavy (non-hydrogen) atoms. The van der Waals surface area contributed by atoms with E-state index >= 15 is 0 Å². The smallest absolute Gasteiger partial charge is 0.323 e. The van der Waals surface area contributed by atoms with Crippen molar-refractivity contribution in [1.82, 2.24) is 20.2 Å². The Morgan fingerprint density at radius 2 is 1.75 bits per heavy atom. The number of ether oxygens (including phenoxy) is 5. The Kier molecular flexibility index (Phi) is 12.4. The number of morpholine rings is 1. The van der Waals surface area contributed by atoms with Gasteiger partial charge in [0.2, 0.25) is 11.8 Å². The van der Waals surface area contributed by atoms with E-state index in [0.29, 0.717) is 17.2 Å². The van der Waals surface area contributed by atoms with Crippen LogP contribution in [0.2, 0.25) is 5.02 Å². The van der Waals surface area contributed by atoms with E-state index in [9.17, 15) is 15.0 Å². The lowest BCUT2D eigenvalue weighted by atomic mass is 9.98.